The molecule has 0 N–H and O–H groups in total. The number of hydrogen-bond acceptors (Lipinski definition) is 7. The zero-order chi connectivity index (χ0) is 17.1. The largest absolute Gasteiger partial charge is 0.493 e. The van der Waals surface area contributed by atoms with Gasteiger partial charge in [-0.25, -0.2) is 0 Å². The van der Waals surface area contributed by atoms with Crippen LogP contribution in [0.1, 0.15) is 29.4 Å². The number of Topliss-reactive ketones (excluding diaryl/α,β-unsaturated/α-hetero) is 1. The van der Waals surface area contributed by atoms with E-state index in [9.17, 15) is 9.59 Å². The Morgan fingerprint density at radius 3 is 2.62 bits per heavy atom. The molecule has 2 aromatic rings. The number of carbonyl (C=O) groups is 2. The molecule has 0 amide bonds. The number of fused-ring (bicyclic) bond motifs is 3. The average molecular weight is 350 g/mol. The van der Waals surface area contributed by atoms with E-state index in [2.05, 4.69) is 0 Å². The summed E-state index contributed by atoms with van der Waals surface area (Å²) in [5.74, 6) is 1.32. The maximum absolute atomic E-state index is 12.3. The Morgan fingerprint density at radius 1 is 1.17 bits per heavy atom. The molecule has 0 bridgehead atoms. The van der Waals surface area contributed by atoms with E-state index < -0.39 is 0 Å². The van der Waals surface area contributed by atoms with Crippen LogP contribution in [0.15, 0.2) is 12.1 Å². The molecule has 0 saturated carbocycles. The summed E-state index contributed by atoms with van der Waals surface area (Å²) in [4.78, 5) is 24.3. The second kappa shape index (κ2) is 7.09. The number of benzene rings is 1. The molecule has 24 heavy (non-hydrogen) atoms. The van der Waals surface area contributed by atoms with E-state index in [1.165, 1.54) is 11.3 Å². The molecule has 0 spiro atoms. The smallest absolute Gasteiger partial charge is 0.306 e. The number of ether oxygens (including phenoxy) is 4. The quantitative estimate of drug-likeness (QED) is 0.588. The van der Waals surface area contributed by atoms with Crippen LogP contribution in [-0.2, 0) is 9.53 Å². The number of esters is 1. The molecule has 2 heterocycles. The predicted molar refractivity (Wildman–Crippen MR) is 89.6 cm³/mol. The van der Waals surface area contributed by atoms with Crippen LogP contribution >= 0.6 is 11.3 Å². The van der Waals surface area contributed by atoms with Gasteiger partial charge in [-0.15, -0.1) is 11.3 Å². The number of methoxy groups -OCH3 is 1. The molecule has 0 aliphatic carbocycles. The number of ketones is 1. The average Bonchev–Trinajstić information content (AvgIpc) is 3.03. The summed E-state index contributed by atoms with van der Waals surface area (Å²) in [7, 11) is 1.57. The summed E-state index contributed by atoms with van der Waals surface area (Å²) in [5, 5.41) is 0.829. The standard InChI is InChI=1S/C17H18O6S/c1-3-21-15(19)5-4-11(18)14-8-10-13(24-14)9-12(20-2)17-16(10)22-6-7-23-17/h8-9H,3-7H2,1-2H3. The highest BCUT2D eigenvalue weighted by molar-refractivity contribution is 7.21. The molecule has 0 saturated heterocycles. The lowest BCUT2D eigenvalue weighted by Crippen LogP contribution is -2.16. The lowest BCUT2D eigenvalue weighted by molar-refractivity contribution is -0.143. The van der Waals surface area contributed by atoms with Crippen LogP contribution in [-0.4, -0.2) is 38.7 Å². The molecule has 128 valence electrons. The van der Waals surface area contributed by atoms with Gasteiger partial charge in [0, 0.05) is 22.6 Å². The topological polar surface area (TPSA) is 71.1 Å². The Labute approximate surface area is 143 Å². The Morgan fingerprint density at radius 2 is 1.92 bits per heavy atom. The minimum Gasteiger partial charge on any atom is -0.493 e. The molecular formula is C17H18O6S. The minimum atomic E-state index is -0.359. The first-order valence-electron chi connectivity index (χ1n) is 7.73. The molecule has 0 radical (unpaired) electrons. The van der Waals surface area contributed by atoms with Crippen molar-refractivity contribution >= 4 is 33.2 Å². The molecule has 0 atom stereocenters. The van der Waals surface area contributed by atoms with Crippen LogP contribution in [0.2, 0.25) is 0 Å². The van der Waals surface area contributed by atoms with Crippen LogP contribution in [0.3, 0.4) is 0 Å². The van der Waals surface area contributed by atoms with Crippen molar-refractivity contribution < 1.29 is 28.5 Å². The Bertz CT molecular complexity index is 779. The van der Waals surface area contributed by atoms with Gasteiger partial charge in [-0.2, -0.15) is 0 Å². The van der Waals surface area contributed by atoms with E-state index in [1.807, 2.05) is 6.07 Å². The second-order valence-corrected chi connectivity index (χ2v) is 6.27. The molecule has 0 unspecified atom stereocenters. The second-order valence-electron chi connectivity index (χ2n) is 5.18. The summed E-state index contributed by atoms with van der Waals surface area (Å²) >= 11 is 1.36. The molecule has 1 aromatic heterocycles. The van der Waals surface area contributed by atoms with Gasteiger partial charge in [0.2, 0.25) is 5.75 Å². The van der Waals surface area contributed by atoms with Gasteiger partial charge in [0.25, 0.3) is 0 Å². The highest BCUT2D eigenvalue weighted by Crippen LogP contribution is 2.47. The van der Waals surface area contributed by atoms with Crippen LogP contribution in [0.25, 0.3) is 10.1 Å². The number of thiophene rings is 1. The van der Waals surface area contributed by atoms with Gasteiger partial charge in [0.15, 0.2) is 17.3 Å². The fraction of sp³-hybridized carbons (Fsp3) is 0.412. The monoisotopic (exact) mass is 350 g/mol. The third kappa shape index (κ3) is 3.17. The zero-order valence-corrected chi connectivity index (χ0v) is 14.4. The molecule has 1 aliphatic heterocycles. The maximum atomic E-state index is 12.3. The van der Waals surface area contributed by atoms with Gasteiger partial charge in [-0.1, -0.05) is 0 Å². The normalized spacial score (nSPS) is 12.9. The van der Waals surface area contributed by atoms with Gasteiger partial charge in [-0.05, 0) is 13.0 Å². The molecule has 1 aromatic carbocycles. The predicted octanol–water partition coefficient (Wildman–Crippen LogP) is 3.21. The highest BCUT2D eigenvalue weighted by atomic mass is 32.1. The maximum Gasteiger partial charge on any atom is 0.306 e. The van der Waals surface area contributed by atoms with E-state index in [0.717, 1.165) is 10.1 Å². The minimum absolute atomic E-state index is 0.0853. The van der Waals surface area contributed by atoms with E-state index in [1.54, 1.807) is 20.1 Å². The molecule has 3 rings (SSSR count). The van der Waals surface area contributed by atoms with E-state index >= 15 is 0 Å². The van der Waals surface area contributed by atoms with Gasteiger partial charge < -0.3 is 18.9 Å². The Kier molecular flexibility index (Phi) is 4.89. The lowest BCUT2D eigenvalue weighted by atomic mass is 10.1. The van der Waals surface area contributed by atoms with Crippen molar-refractivity contribution in [3.63, 3.8) is 0 Å². The SMILES string of the molecule is CCOC(=O)CCC(=O)c1cc2c3c(c(OC)cc2s1)OCCO3. The Balaban J connectivity index is 1.88. The molecule has 0 fully saturated rings. The Hall–Kier alpha value is -2.28. The summed E-state index contributed by atoms with van der Waals surface area (Å²) in [6, 6.07) is 3.64. The van der Waals surface area contributed by atoms with E-state index in [-0.39, 0.29) is 24.6 Å². The summed E-state index contributed by atoms with van der Waals surface area (Å²) in [6.07, 6.45) is 0.213. The summed E-state index contributed by atoms with van der Waals surface area (Å²) in [5.41, 5.74) is 0. The molecule has 7 heteroatoms. The van der Waals surface area contributed by atoms with Crippen molar-refractivity contribution in [2.45, 2.75) is 19.8 Å². The molecule has 6 nitrogen and oxygen atoms in total. The number of rotatable bonds is 6. The third-order valence-corrected chi connectivity index (χ3v) is 4.75. The van der Waals surface area contributed by atoms with Crippen molar-refractivity contribution in [1.82, 2.24) is 0 Å². The summed E-state index contributed by atoms with van der Waals surface area (Å²) < 4.78 is 22.4. The zero-order valence-electron chi connectivity index (χ0n) is 13.5. The van der Waals surface area contributed by atoms with Crippen LogP contribution in [0, 0.1) is 0 Å². The van der Waals surface area contributed by atoms with Gasteiger partial charge in [-0.3, -0.25) is 9.59 Å². The first-order chi connectivity index (χ1) is 11.6. The lowest BCUT2D eigenvalue weighted by Gasteiger charge is -2.21. The highest BCUT2D eigenvalue weighted by Gasteiger charge is 2.23. The molecule has 1 aliphatic rings. The van der Waals surface area contributed by atoms with E-state index in [4.69, 9.17) is 18.9 Å². The van der Waals surface area contributed by atoms with Crippen molar-refractivity contribution in [3.05, 3.63) is 17.0 Å². The van der Waals surface area contributed by atoms with Gasteiger partial charge in [0.1, 0.15) is 13.2 Å². The van der Waals surface area contributed by atoms with Crippen molar-refractivity contribution in [2.75, 3.05) is 26.9 Å². The fourth-order valence-electron chi connectivity index (χ4n) is 2.54. The molecular weight excluding hydrogens is 332 g/mol. The number of carbonyl (C=O) groups excluding carboxylic acids is 2. The van der Waals surface area contributed by atoms with Crippen molar-refractivity contribution in [3.8, 4) is 17.2 Å². The van der Waals surface area contributed by atoms with E-state index in [0.29, 0.717) is 41.9 Å². The third-order valence-electron chi connectivity index (χ3n) is 3.63. The van der Waals surface area contributed by atoms with Gasteiger partial charge in [0.05, 0.1) is 25.0 Å². The van der Waals surface area contributed by atoms with Crippen LogP contribution in [0.4, 0.5) is 0 Å². The first-order valence-corrected chi connectivity index (χ1v) is 8.54. The first kappa shape index (κ1) is 16.6. The van der Waals surface area contributed by atoms with Gasteiger partial charge >= 0.3 is 5.97 Å². The van der Waals surface area contributed by atoms with Crippen molar-refractivity contribution in [1.29, 1.82) is 0 Å². The van der Waals surface area contributed by atoms with Crippen molar-refractivity contribution in [2.24, 2.45) is 0 Å². The van der Waals surface area contributed by atoms with Crippen LogP contribution in [0.5, 0.6) is 17.2 Å². The summed E-state index contributed by atoms with van der Waals surface area (Å²) in [6.45, 7) is 2.98. The number of hydrogen-bond donors (Lipinski definition) is 0. The van der Waals surface area contributed by atoms with Crippen LogP contribution < -0.4 is 14.2 Å². The fourth-order valence-corrected chi connectivity index (χ4v) is 3.59.